The molecule has 1 N–H and O–H groups in total. The summed E-state index contributed by atoms with van der Waals surface area (Å²) >= 11 is 0. The molecular formula is C20H30N4O. The summed E-state index contributed by atoms with van der Waals surface area (Å²) in [5.74, 6) is 1.23. The quantitative estimate of drug-likeness (QED) is 0.837. The highest BCUT2D eigenvalue weighted by Crippen LogP contribution is 2.27. The second kappa shape index (κ2) is 7.91. The van der Waals surface area contributed by atoms with Gasteiger partial charge in [0.1, 0.15) is 0 Å². The number of nitrogens with zero attached hydrogens (tertiary/aromatic N) is 3. The van der Waals surface area contributed by atoms with Gasteiger partial charge in [-0.25, -0.2) is 4.68 Å². The van der Waals surface area contributed by atoms with Crippen LogP contribution in [0.25, 0.3) is 0 Å². The smallest absolute Gasteiger partial charge is 0.216 e. The van der Waals surface area contributed by atoms with Crippen molar-refractivity contribution in [1.82, 2.24) is 15.1 Å². The Morgan fingerprint density at radius 3 is 2.40 bits per heavy atom. The van der Waals surface area contributed by atoms with E-state index >= 15 is 0 Å². The summed E-state index contributed by atoms with van der Waals surface area (Å²) in [6.45, 7) is 8.33. The minimum absolute atomic E-state index is 0.381. The van der Waals surface area contributed by atoms with Gasteiger partial charge in [-0.05, 0) is 36.5 Å². The molecule has 1 saturated heterocycles. The number of methoxy groups -OCH3 is 1. The summed E-state index contributed by atoms with van der Waals surface area (Å²) < 4.78 is 7.37. The molecule has 3 rings (SSSR count). The maximum atomic E-state index is 5.54. The molecule has 1 aliphatic rings. The van der Waals surface area contributed by atoms with Gasteiger partial charge in [0.15, 0.2) is 0 Å². The van der Waals surface area contributed by atoms with Crippen molar-refractivity contribution in [3.8, 4) is 5.88 Å². The molecule has 1 aromatic heterocycles. The van der Waals surface area contributed by atoms with E-state index in [1.165, 1.54) is 37.2 Å². The Morgan fingerprint density at radius 2 is 1.80 bits per heavy atom. The Bertz CT molecular complexity index is 684. The van der Waals surface area contributed by atoms with E-state index < -0.39 is 0 Å². The average molecular weight is 342 g/mol. The zero-order chi connectivity index (χ0) is 17.8. The fourth-order valence-electron chi connectivity index (χ4n) is 3.59. The Hall–Kier alpha value is -2.01. The first-order valence-corrected chi connectivity index (χ1v) is 9.24. The molecule has 0 amide bonds. The van der Waals surface area contributed by atoms with Gasteiger partial charge in [-0.1, -0.05) is 26.0 Å². The normalized spacial score (nSPS) is 14.5. The lowest BCUT2D eigenvalue weighted by Crippen LogP contribution is -2.18. The first-order valence-electron chi connectivity index (χ1n) is 9.24. The highest BCUT2D eigenvalue weighted by molar-refractivity contribution is 5.48. The zero-order valence-corrected chi connectivity index (χ0v) is 15.9. The number of aromatic nitrogens is 2. The van der Waals surface area contributed by atoms with Crippen LogP contribution >= 0.6 is 0 Å². The molecule has 0 bridgehead atoms. The number of anilines is 1. The van der Waals surface area contributed by atoms with E-state index in [1.807, 2.05) is 11.7 Å². The van der Waals surface area contributed by atoms with Crippen molar-refractivity contribution in [1.29, 1.82) is 0 Å². The van der Waals surface area contributed by atoms with Crippen LogP contribution in [0.2, 0.25) is 0 Å². The van der Waals surface area contributed by atoms with Gasteiger partial charge in [0.2, 0.25) is 5.88 Å². The highest BCUT2D eigenvalue weighted by Gasteiger charge is 2.18. The van der Waals surface area contributed by atoms with Gasteiger partial charge in [-0.3, -0.25) is 0 Å². The summed E-state index contributed by atoms with van der Waals surface area (Å²) in [5.41, 5.74) is 4.92. The van der Waals surface area contributed by atoms with Gasteiger partial charge >= 0.3 is 0 Å². The van der Waals surface area contributed by atoms with E-state index in [-0.39, 0.29) is 0 Å². The van der Waals surface area contributed by atoms with Crippen LogP contribution in [0.4, 0.5) is 5.69 Å². The van der Waals surface area contributed by atoms with E-state index in [1.54, 1.807) is 7.11 Å². The van der Waals surface area contributed by atoms with E-state index in [4.69, 9.17) is 4.74 Å². The molecule has 1 fully saturated rings. The van der Waals surface area contributed by atoms with Gasteiger partial charge in [-0.15, -0.1) is 0 Å². The van der Waals surface area contributed by atoms with E-state index in [9.17, 15) is 0 Å². The second-order valence-electron chi connectivity index (χ2n) is 7.12. The van der Waals surface area contributed by atoms with Crippen LogP contribution in [0.1, 0.15) is 49.4 Å². The van der Waals surface area contributed by atoms with Crippen LogP contribution in [0.5, 0.6) is 5.88 Å². The van der Waals surface area contributed by atoms with Gasteiger partial charge in [0.05, 0.1) is 18.4 Å². The lowest BCUT2D eigenvalue weighted by atomic mass is 10.1. The fourth-order valence-corrected chi connectivity index (χ4v) is 3.59. The summed E-state index contributed by atoms with van der Waals surface area (Å²) in [4.78, 5) is 2.46. The molecule has 25 heavy (non-hydrogen) atoms. The largest absolute Gasteiger partial charge is 0.481 e. The van der Waals surface area contributed by atoms with Crippen molar-refractivity contribution < 1.29 is 4.74 Å². The van der Waals surface area contributed by atoms with E-state index in [2.05, 4.69) is 53.4 Å². The van der Waals surface area contributed by atoms with Crippen LogP contribution in [0.3, 0.4) is 0 Å². The van der Waals surface area contributed by atoms with Crippen LogP contribution < -0.4 is 15.0 Å². The Kier molecular flexibility index (Phi) is 5.63. The van der Waals surface area contributed by atoms with Gasteiger partial charge < -0.3 is 15.0 Å². The highest BCUT2D eigenvalue weighted by atomic mass is 16.5. The SMILES string of the molecule is COc1c(CNCc2ccc(N3CCCC3)cc2)c(C(C)C)nn1C. The van der Waals surface area contributed by atoms with Gasteiger partial charge in [0.25, 0.3) is 0 Å². The Labute approximate surface area is 151 Å². The molecule has 136 valence electrons. The third kappa shape index (κ3) is 3.98. The Morgan fingerprint density at radius 1 is 1.12 bits per heavy atom. The summed E-state index contributed by atoms with van der Waals surface area (Å²) in [7, 11) is 3.65. The third-order valence-electron chi connectivity index (χ3n) is 4.90. The molecule has 0 aliphatic carbocycles. The maximum absolute atomic E-state index is 5.54. The van der Waals surface area contributed by atoms with E-state index in [0.717, 1.165) is 30.2 Å². The molecule has 5 heteroatoms. The standard InChI is InChI=1S/C20H30N4O/c1-15(2)19-18(20(25-4)23(3)22-19)14-21-13-16-7-9-17(10-8-16)24-11-5-6-12-24/h7-10,15,21H,5-6,11-14H2,1-4H3. The van der Waals surface area contributed by atoms with Crippen molar-refractivity contribution in [3.63, 3.8) is 0 Å². The molecule has 5 nitrogen and oxygen atoms in total. The fraction of sp³-hybridized carbons (Fsp3) is 0.550. The van der Waals surface area contributed by atoms with Crippen LogP contribution in [0, 0.1) is 0 Å². The number of nitrogens with one attached hydrogen (secondary N) is 1. The zero-order valence-electron chi connectivity index (χ0n) is 15.9. The van der Waals surface area contributed by atoms with Crippen LogP contribution in [-0.4, -0.2) is 30.0 Å². The molecule has 1 aliphatic heterocycles. The van der Waals surface area contributed by atoms with Crippen molar-refractivity contribution in [3.05, 3.63) is 41.1 Å². The van der Waals surface area contributed by atoms with Crippen LogP contribution in [0.15, 0.2) is 24.3 Å². The number of ether oxygens (including phenoxy) is 1. The first kappa shape index (κ1) is 17.8. The number of hydrogen-bond donors (Lipinski definition) is 1. The van der Waals surface area contributed by atoms with E-state index in [0.29, 0.717) is 5.92 Å². The number of rotatable bonds is 7. The molecule has 0 atom stereocenters. The summed E-state index contributed by atoms with van der Waals surface area (Å²) in [6.07, 6.45) is 2.63. The second-order valence-corrected chi connectivity index (χ2v) is 7.12. The Balaban J connectivity index is 1.61. The van der Waals surface area contributed by atoms with Crippen molar-refractivity contribution in [2.75, 3.05) is 25.1 Å². The summed E-state index contributed by atoms with van der Waals surface area (Å²) in [6, 6.07) is 8.94. The third-order valence-corrected chi connectivity index (χ3v) is 4.90. The minimum Gasteiger partial charge on any atom is -0.481 e. The summed E-state index contributed by atoms with van der Waals surface area (Å²) in [5, 5.41) is 8.15. The molecule has 0 unspecified atom stereocenters. The van der Waals surface area contributed by atoms with Crippen molar-refractivity contribution in [2.24, 2.45) is 7.05 Å². The van der Waals surface area contributed by atoms with Crippen LogP contribution in [-0.2, 0) is 20.1 Å². The minimum atomic E-state index is 0.381. The maximum Gasteiger partial charge on any atom is 0.216 e. The lowest BCUT2D eigenvalue weighted by Gasteiger charge is -2.17. The first-order chi connectivity index (χ1) is 12.1. The van der Waals surface area contributed by atoms with Crippen molar-refractivity contribution >= 4 is 5.69 Å². The molecule has 0 spiro atoms. The molecule has 1 aromatic carbocycles. The number of hydrogen-bond acceptors (Lipinski definition) is 4. The topological polar surface area (TPSA) is 42.3 Å². The lowest BCUT2D eigenvalue weighted by molar-refractivity contribution is 0.368. The molecule has 0 saturated carbocycles. The molecule has 0 radical (unpaired) electrons. The molecular weight excluding hydrogens is 312 g/mol. The monoisotopic (exact) mass is 342 g/mol. The number of aryl methyl sites for hydroxylation is 1. The molecule has 2 aromatic rings. The predicted molar refractivity (Wildman–Crippen MR) is 102 cm³/mol. The average Bonchev–Trinajstić information content (AvgIpc) is 3.23. The van der Waals surface area contributed by atoms with Gasteiger partial charge in [-0.2, -0.15) is 5.10 Å². The number of benzene rings is 1. The predicted octanol–water partition coefficient (Wildman–Crippen LogP) is 3.44. The molecule has 2 heterocycles. The van der Waals surface area contributed by atoms with Gasteiger partial charge in [0, 0.05) is 38.9 Å². The van der Waals surface area contributed by atoms with Crippen molar-refractivity contribution in [2.45, 2.75) is 45.7 Å².